The van der Waals surface area contributed by atoms with Crippen molar-refractivity contribution in [1.82, 2.24) is 9.78 Å². The molecule has 94 valence electrons. The second kappa shape index (κ2) is 5.23. The number of carbonyl (C=O) groups is 1. The number of aldehydes is 1. The molecule has 2 aromatic rings. The number of hydrogen-bond donors (Lipinski definition) is 0. The number of carbonyl (C=O) groups excluding carboxylic acids is 1. The second-order valence-electron chi connectivity index (χ2n) is 4.21. The summed E-state index contributed by atoms with van der Waals surface area (Å²) in [5.74, 6) is 0. The minimum absolute atomic E-state index is 0.575. The summed E-state index contributed by atoms with van der Waals surface area (Å²) in [5, 5.41) is 4.70. The fraction of sp³-hybridized carbons (Fsp3) is 0.231. The number of halogens is 1. The molecule has 0 N–H and O–H groups in total. The minimum Gasteiger partial charge on any atom is -0.369 e. The molecule has 0 atom stereocenters. The maximum Gasteiger partial charge on any atom is 0.150 e. The molecular weight excluding hydrogens is 250 g/mol. The van der Waals surface area contributed by atoms with Gasteiger partial charge in [-0.3, -0.25) is 9.48 Å². The Morgan fingerprint density at radius 3 is 2.83 bits per heavy atom. The van der Waals surface area contributed by atoms with Crippen molar-refractivity contribution >= 4 is 23.6 Å². The first-order valence-electron chi connectivity index (χ1n) is 5.53. The summed E-state index contributed by atoms with van der Waals surface area (Å²) >= 11 is 6.15. The van der Waals surface area contributed by atoms with E-state index in [-0.39, 0.29) is 0 Å². The molecule has 2 rings (SSSR count). The van der Waals surface area contributed by atoms with Crippen molar-refractivity contribution in [2.24, 2.45) is 7.05 Å². The molecule has 0 saturated carbocycles. The maximum absolute atomic E-state index is 10.7. The van der Waals surface area contributed by atoms with E-state index in [9.17, 15) is 4.79 Å². The zero-order chi connectivity index (χ0) is 13.1. The Labute approximate surface area is 111 Å². The highest BCUT2D eigenvalue weighted by Crippen LogP contribution is 2.26. The number of aryl methyl sites for hydroxylation is 1. The van der Waals surface area contributed by atoms with Crippen molar-refractivity contribution in [1.29, 1.82) is 0 Å². The Kier molecular flexibility index (Phi) is 3.67. The summed E-state index contributed by atoms with van der Waals surface area (Å²) in [6.07, 6.45) is 4.57. The second-order valence-corrected chi connectivity index (χ2v) is 4.61. The van der Waals surface area contributed by atoms with Gasteiger partial charge in [0.05, 0.1) is 16.9 Å². The van der Waals surface area contributed by atoms with Gasteiger partial charge in [-0.2, -0.15) is 5.10 Å². The summed E-state index contributed by atoms with van der Waals surface area (Å²) in [5.41, 5.74) is 2.58. The van der Waals surface area contributed by atoms with Crippen LogP contribution in [0.5, 0.6) is 0 Å². The third-order valence-corrected chi connectivity index (χ3v) is 3.00. The van der Waals surface area contributed by atoms with Crippen LogP contribution < -0.4 is 4.90 Å². The highest BCUT2D eigenvalue weighted by molar-refractivity contribution is 6.33. The van der Waals surface area contributed by atoms with Crippen molar-refractivity contribution < 1.29 is 4.79 Å². The van der Waals surface area contributed by atoms with Gasteiger partial charge in [0.15, 0.2) is 0 Å². The SMILES string of the molecule is CN(Cc1cnn(C)c1)c1ccc(C=O)cc1Cl. The maximum atomic E-state index is 10.7. The highest BCUT2D eigenvalue weighted by Gasteiger charge is 2.08. The van der Waals surface area contributed by atoms with Gasteiger partial charge in [0, 0.05) is 38.0 Å². The third-order valence-electron chi connectivity index (χ3n) is 2.70. The lowest BCUT2D eigenvalue weighted by Gasteiger charge is -2.19. The number of anilines is 1. The molecular formula is C13H14ClN3O. The van der Waals surface area contributed by atoms with Crippen LogP contribution in [-0.2, 0) is 13.6 Å². The van der Waals surface area contributed by atoms with Gasteiger partial charge >= 0.3 is 0 Å². The molecule has 18 heavy (non-hydrogen) atoms. The van der Waals surface area contributed by atoms with Crippen molar-refractivity contribution in [3.63, 3.8) is 0 Å². The van der Waals surface area contributed by atoms with Crippen LogP contribution >= 0.6 is 11.6 Å². The summed E-state index contributed by atoms with van der Waals surface area (Å²) < 4.78 is 1.76. The van der Waals surface area contributed by atoms with Gasteiger partial charge in [0.2, 0.25) is 0 Å². The molecule has 1 heterocycles. The first-order chi connectivity index (χ1) is 8.60. The lowest BCUT2D eigenvalue weighted by Crippen LogP contribution is -2.16. The molecule has 0 spiro atoms. The zero-order valence-corrected chi connectivity index (χ0v) is 11.1. The first-order valence-corrected chi connectivity index (χ1v) is 5.91. The lowest BCUT2D eigenvalue weighted by molar-refractivity contribution is 0.112. The molecule has 0 radical (unpaired) electrons. The van der Waals surface area contributed by atoms with Crippen LogP contribution in [0, 0.1) is 0 Å². The van der Waals surface area contributed by atoms with Crippen molar-refractivity contribution in [3.05, 3.63) is 46.7 Å². The predicted molar refractivity (Wildman–Crippen MR) is 72.2 cm³/mol. The first kappa shape index (κ1) is 12.6. The molecule has 5 heteroatoms. The van der Waals surface area contributed by atoms with Crippen LogP contribution in [0.15, 0.2) is 30.6 Å². The Morgan fingerprint density at radius 1 is 1.50 bits per heavy atom. The monoisotopic (exact) mass is 263 g/mol. The standard InChI is InChI=1S/C13H14ClN3O/c1-16(7-11-6-15-17(2)8-11)13-4-3-10(9-18)5-12(13)14/h3-6,8-9H,7H2,1-2H3. The average molecular weight is 264 g/mol. The van der Waals surface area contributed by atoms with Crippen LogP contribution in [-0.4, -0.2) is 23.1 Å². The average Bonchev–Trinajstić information content (AvgIpc) is 2.74. The largest absolute Gasteiger partial charge is 0.369 e. The van der Waals surface area contributed by atoms with E-state index in [0.717, 1.165) is 17.5 Å². The van der Waals surface area contributed by atoms with Gasteiger partial charge in [0.25, 0.3) is 0 Å². The topological polar surface area (TPSA) is 38.1 Å². The molecule has 1 aromatic heterocycles. The molecule has 0 aliphatic heterocycles. The smallest absolute Gasteiger partial charge is 0.150 e. The van der Waals surface area contributed by atoms with Gasteiger partial charge in [0.1, 0.15) is 6.29 Å². The fourth-order valence-electron chi connectivity index (χ4n) is 1.82. The normalized spacial score (nSPS) is 10.4. The number of aromatic nitrogens is 2. The zero-order valence-electron chi connectivity index (χ0n) is 10.3. The van der Waals surface area contributed by atoms with Gasteiger partial charge in [-0.1, -0.05) is 11.6 Å². The van der Waals surface area contributed by atoms with E-state index in [1.165, 1.54) is 0 Å². The van der Waals surface area contributed by atoms with E-state index in [2.05, 4.69) is 5.10 Å². The van der Waals surface area contributed by atoms with Gasteiger partial charge in [-0.25, -0.2) is 0 Å². The number of hydrogen-bond acceptors (Lipinski definition) is 3. The van der Waals surface area contributed by atoms with E-state index < -0.39 is 0 Å². The van der Waals surface area contributed by atoms with E-state index >= 15 is 0 Å². The molecule has 0 saturated heterocycles. The summed E-state index contributed by atoms with van der Waals surface area (Å²) in [6.45, 7) is 0.716. The van der Waals surface area contributed by atoms with Crippen molar-refractivity contribution in [2.45, 2.75) is 6.54 Å². The van der Waals surface area contributed by atoms with Crippen LogP contribution in [0.4, 0.5) is 5.69 Å². The summed E-state index contributed by atoms with van der Waals surface area (Å²) in [6, 6.07) is 5.28. The molecule has 0 aliphatic rings. The number of nitrogens with zero attached hydrogens (tertiary/aromatic N) is 3. The summed E-state index contributed by atoms with van der Waals surface area (Å²) in [4.78, 5) is 12.7. The van der Waals surface area contributed by atoms with Crippen LogP contribution in [0.1, 0.15) is 15.9 Å². The number of benzene rings is 1. The third kappa shape index (κ3) is 2.71. The minimum atomic E-state index is 0.575. The molecule has 0 bridgehead atoms. The Hall–Kier alpha value is -1.81. The fourth-order valence-corrected chi connectivity index (χ4v) is 2.15. The quantitative estimate of drug-likeness (QED) is 0.796. The van der Waals surface area contributed by atoms with E-state index in [1.807, 2.05) is 37.5 Å². The Balaban J connectivity index is 2.18. The van der Waals surface area contributed by atoms with Gasteiger partial charge in [-0.05, 0) is 18.2 Å². The molecule has 0 amide bonds. The number of rotatable bonds is 4. The van der Waals surface area contributed by atoms with Gasteiger partial charge in [-0.15, -0.1) is 0 Å². The van der Waals surface area contributed by atoms with E-state index in [1.54, 1.807) is 16.8 Å². The molecule has 1 aromatic carbocycles. The van der Waals surface area contributed by atoms with Crippen LogP contribution in [0.25, 0.3) is 0 Å². The van der Waals surface area contributed by atoms with Crippen molar-refractivity contribution in [3.8, 4) is 0 Å². The predicted octanol–water partition coefficient (Wildman–Crippen LogP) is 2.52. The van der Waals surface area contributed by atoms with E-state index in [0.29, 0.717) is 17.1 Å². The van der Waals surface area contributed by atoms with Crippen molar-refractivity contribution in [2.75, 3.05) is 11.9 Å². The summed E-state index contributed by atoms with van der Waals surface area (Å²) in [7, 11) is 3.84. The highest BCUT2D eigenvalue weighted by atomic mass is 35.5. The molecule has 0 aliphatic carbocycles. The Morgan fingerprint density at radius 2 is 2.28 bits per heavy atom. The Bertz CT molecular complexity index is 565. The van der Waals surface area contributed by atoms with Crippen LogP contribution in [0.3, 0.4) is 0 Å². The molecule has 4 nitrogen and oxygen atoms in total. The van der Waals surface area contributed by atoms with Crippen LogP contribution in [0.2, 0.25) is 5.02 Å². The lowest BCUT2D eigenvalue weighted by atomic mass is 10.2. The van der Waals surface area contributed by atoms with Gasteiger partial charge < -0.3 is 4.90 Å². The van der Waals surface area contributed by atoms with E-state index in [4.69, 9.17) is 11.6 Å². The molecule has 0 fully saturated rings. The molecule has 0 unspecified atom stereocenters.